The van der Waals surface area contributed by atoms with Crippen LogP contribution in [0.2, 0.25) is 5.02 Å². The monoisotopic (exact) mass is 249 g/mol. The molecule has 0 fully saturated rings. The fourth-order valence-electron chi connectivity index (χ4n) is 1.93. The smallest absolute Gasteiger partial charge is 0.0840 e. The molecule has 1 aromatic carbocycles. The van der Waals surface area contributed by atoms with Gasteiger partial charge in [0.25, 0.3) is 0 Å². The number of aryl methyl sites for hydroxylation is 2. The zero-order chi connectivity index (χ0) is 12.8. The van der Waals surface area contributed by atoms with E-state index in [-0.39, 0.29) is 0 Å². The highest BCUT2D eigenvalue weighted by molar-refractivity contribution is 6.35. The molecule has 0 amide bonds. The molecule has 1 aromatic heterocycles. The summed E-state index contributed by atoms with van der Waals surface area (Å²) >= 11 is 6.23. The summed E-state index contributed by atoms with van der Waals surface area (Å²) in [6.07, 6.45) is 0. The second kappa shape index (κ2) is 3.97. The highest BCUT2D eigenvalue weighted by atomic mass is 35.5. The summed E-state index contributed by atoms with van der Waals surface area (Å²) < 4.78 is 0. The third-order valence-corrected chi connectivity index (χ3v) is 3.20. The van der Waals surface area contributed by atoms with Crippen molar-refractivity contribution in [3.63, 3.8) is 0 Å². The number of hydrogen-bond donors (Lipinski definition) is 1. The Balaban J connectivity index is 2.83. The molecule has 3 heteroatoms. The molecule has 17 heavy (non-hydrogen) atoms. The van der Waals surface area contributed by atoms with Crippen molar-refractivity contribution in [2.75, 3.05) is 0 Å². The van der Waals surface area contributed by atoms with Gasteiger partial charge in [0.2, 0.25) is 0 Å². The summed E-state index contributed by atoms with van der Waals surface area (Å²) in [5, 5.41) is 11.6. The molecule has 2 nitrogen and oxygen atoms in total. The normalized spacial score (nSPS) is 12.1. The Morgan fingerprint density at radius 1 is 1.18 bits per heavy atom. The van der Waals surface area contributed by atoms with Crippen molar-refractivity contribution in [3.05, 3.63) is 40.0 Å². The van der Waals surface area contributed by atoms with Crippen molar-refractivity contribution in [1.82, 2.24) is 4.98 Å². The van der Waals surface area contributed by atoms with Gasteiger partial charge in [-0.2, -0.15) is 0 Å². The maximum absolute atomic E-state index is 10.1. The van der Waals surface area contributed by atoms with Gasteiger partial charge in [-0.05, 0) is 51.0 Å². The van der Waals surface area contributed by atoms with E-state index < -0.39 is 5.60 Å². The molecule has 0 spiro atoms. The number of fused-ring (bicyclic) bond motifs is 1. The highest BCUT2D eigenvalue weighted by Crippen LogP contribution is 2.30. The summed E-state index contributed by atoms with van der Waals surface area (Å²) in [7, 11) is 0. The molecule has 0 saturated carbocycles. The lowest BCUT2D eigenvalue weighted by Crippen LogP contribution is -2.15. The molecule has 0 aliphatic rings. The molecule has 0 atom stereocenters. The third-order valence-electron chi connectivity index (χ3n) is 2.89. The standard InChI is InChI=1S/C14H16ClNO/c1-8-5-10(14(3,4)17)7-11-12(15)6-9(2)16-13(8)11/h5-7,17H,1-4H3. The minimum absolute atomic E-state index is 0.682. The van der Waals surface area contributed by atoms with E-state index >= 15 is 0 Å². The SMILES string of the molecule is Cc1cc(Cl)c2cc(C(C)(C)O)cc(C)c2n1. The van der Waals surface area contributed by atoms with E-state index in [4.69, 9.17) is 11.6 Å². The average Bonchev–Trinajstić information content (AvgIpc) is 2.17. The molecule has 0 aliphatic heterocycles. The van der Waals surface area contributed by atoms with Gasteiger partial charge < -0.3 is 5.11 Å². The van der Waals surface area contributed by atoms with Crippen molar-refractivity contribution in [3.8, 4) is 0 Å². The minimum atomic E-state index is -0.868. The molecule has 0 unspecified atom stereocenters. The Labute approximate surface area is 106 Å². The fourth-order valence-corrected chi connectivity index (χ4v) is 2.23. The van der Waals surface area contributed by atoms with Crippen molar-refractivity contribution >= 4 is 22.5 Å². The van der Waals surface area contributed by atoms with E-state index in [1.54, 1.807) is 13.8 Å². The molecule has 0 saturated heterocycles. The van der Waals surface area contributed by atoms with Crippen molar-refractivity contribution in [2.24, 2.45) is 0 Å². The lowest BCUT2D eigenvalue weighted by atomic mass is 9.94. The molecular formula is C14H16ClNO. The van der Waals surface area contributed by atoms with Crippen molar-refractivity contribution < 1.29 is 5.11 Å². The number of halogens is 1. The predicted octanol–water partition coefficient (Wildman–Crippen LogP) is 3.73. The molecule has 2 aromatic rings. The first-order chi connectivity index (χ1) is 7.79. The lowest BCUT2D eigenvalue weighted by Gasteiger charge is -2.19. The summed E-state index contributed by atoms with van der Waals surface area (Å²) in [4.78, 5) is 4.49. The Kier molecular flexibility index (Phi) is 2.88. The summed E-state index contributed by atoms with van der Waals surface area (Å²) in [6, 6.07) is 5.72. The molecule has 0 radical (unpaired) electrons. The Hall–Kier alpha value is -1.12. The number of hydrogen-bond acceptors (Lipinski definition) is 2. The predicted molar refractivity (Wildman–Crippen MR) is 71.5 cm³/mol. The van der Waals surface area contributed by atoms with Crippen LogP contribution < -0.4 is 0 Å². The van der Waals surface area contributed by atoms with Crippen LogP contribution >= 0.6 is 11.6 Å². The Morgan fingerprint density at radius 3 is 2.41 bits per heavy atom. The molecule has 90 valence electrons. The van der Waals surface area contributed by atoms with Crippen LogP contribution in [0.25, 0.3) is 10.9 Å². The largest absolute Gasteiger partial charge is 0.386 e. The van der Waals surface area contributed by atoms with E-state index in [0.29, 0.717) is 5.02 Å². The first-order valence-corrected chi connectivity index (χ1v) is 5.97. The van der Waals surface area contributed by atoms with Gasteiger partial charge in [-0.15, -0.1) is 0 Å². The van der Waals surface area contributed by atoms with Gasteiger partial charge in [-0.25, -0.2) is 0 Å². The summed E-state index contributed by atoms with van der Waals surface area (Å²) in [6.45, 7) is 7.45. The van der Waals surface area contributed by atoms with E-state index in [0.717, 1.165) is 27.7 Å². The molecule has 1 heterocycles. The summed E-state index contributed by atoms with van der Waals surface area (Å²) in [5.74, 6) is 0. The maximum atomic E-state index is 10.1. The molecule has 0 bridgehead atoms. The zero-order valence-electron chi connectivity index (χ0n) is 10.5. The number of nitrogens with zero attached hydrogens (tertiary/aromatic N) is 1. The van der Waals surface area contributed by atoms with Crippen LogP contribution in [0.5, 0.6) is 0 Å². The van der Waals surface area contributed by atoms with Crippen LogP contribution in [0, 0.1) is 13.8 Å². The second-order valence-corrected chi connectivity index (χ2v) is 5.40. The zero-order valence-corrected chi connectivity index (χ0v) is 11.3. The third kappa shape index (κ3) is 2.28. The van der Waals surface area contributed by atoms with Crippen LogP contribution in [0.15, 0.2) is 18.2 Å². The highest BCUT2D eigenvalue weighted by Gasteiger charge is 2.18. The topological polar surface area (TPSA) is 33.1 Å². The minimum Gasteiger partial charge on any atom is -0.386 e. The number of aromatic nitrogens is 1. The van der Waals surface area contributed by atoms with Crippen LogP contribution in [0.4, 0.5) is 0 Å². The van der Waals surface area contributed by atoms with E-state index in [1.807, 2.05) is 32.0 Å². The van der Waals surface area contributed by atoms with Gasteiger partial charge in [0.1, 0.15) is 0 Å². The second-order valence-electron chi connectivity index (χ2n) is 4.99. The van der Waals surface area contributed by atoms with Crippen molar-refractivity contribution in [1.29, 1.82) is 0 Å². The van der Waals surface area contributed by atoms with E-state index in [9.17, 15) is 5.11 Å². The summed E-state index contributed by atoms with van der Waals surface area (Å²) in [5.41, 5.74) is 2.83. The number of pyridine rings is 1. The average molecular weight is 250 g/mol. The Morgan fingerprint density at radius 2 is 1.82 bits per heavy atom. The Bertz CT molecular complexity index is 585. The van der Waals surface area contributed by atoms with Gasteiger partial charge in [-0.1, -0.05) is 17.7 Å². The number of benzene rings is 1. The molecule has 2 rings (SSSR count). The molecular weight excluding hydrogens is 234 g/mol. The van der Waals surface area contributed by atoms with Crippen LogP contribution in [-0.4, -0.2) is 10.1 Å². The van der Waals surface area contributed by atoms with Gasteiger partial charge in [0.05, 0.1) is 16.1 Å². The van der Waals surface area contributed by atoms with Gasteiger partial charge in [0.15, 0.2) is 0 Å². The van der Waals surface area contributed by atoms with E-state index in [2.05, 4.69) is 4.98 Å². The fraction of sp³-hybridized carbons (Fsp3) is 0.357. The van der Waals surface area contributed by atoms with Gasteiger partial charge in [0, 0.05) is 11.1 Å². The first-order valence-electron chi connectivity index (χ1n) is 5.59. The maximum Gasteiger partial charge on any atom is 0.0840 e. The van der Waals surface area contributed by atoms with Gasteiger partial charge >= 0.3 is 0 Å². The van der Waals surface area contributed by atoms with Gasteiger partial charge in [-0.3, -0.25) is 4.98 Å². The van der Waals surface area contributed by atoms with E-state index in [1.165, 1.54) is 0 Å². The van der Waals surface area contributed by atoms with Crippen LogP contribution in [0.3, 0.4) is 0 Å². The number of aliphatic hydroxyl groups is 1. The molecule has 1 N–H and O–H groups in total. The quantitative estimate of drug-likeness (QED) is 0.835. The van der Waals surface area contributed by atoms with Crippen LogP contribution in [-0.2, 0) is 5.60 Å². The van der Waals surface area contributed by atoms with Crippen molar-refractivity contribution in [2.45, 2.75) is 33.3 Å². The first kappa shape index (κ1) is 12.3. The molecule has 0 aliphatic carbocycles. The van der Waals surface area contributed by atoms with Crippen LogP contribution in [0.1, 0.15) is 30.7 Å². The lowest BCUT2D eigenvalue weighted by molar-refractivity contribution is 0.0787. The number of rotatable bonds is 1.